The molecule has 0 spiro atoms. The average Bonchev–Trinajstić information content (AvgIpc) is 2.94. The van der Waals surface area contributed by atoms with Crippen molar-refractivity contribution in [3.63, 3.8) is 0 Å². The minimum Gasteiger partial charge on any atom is -0.388 e. The topological polar surface area (TPSA) is 52.6 Å². The van der Waals surface area contributed by atoms with Crippen LogP contribution in [0, 0.1) is 0 Å². The second-order valence-corrected chi connectivity index (χ2v) is 7.12. The molecule has 2 unspecified atom stereocenters. The smallest absolute Gasteiger partial charge is 0.216 e. The molecule has 5 heteroatoms. The SMILES string of the molecule is CC(=O)NCCCN1CCCCCC1CC(O)c1cccs1. The Morgan fingerprint density at radius 3 is 3.09 bits per heavy atom. The number of nitrogens with one attached hydrogen (secondary N) is 1. The monoisotopic (exact) mass is 324 g/mol. The number of likely N-dealkylation sites (tertiary alicyclic amines) is 1. The van der Waals surface area contributed by atoms with Crippen molar-refractivity contribution in [1.29, 1.82) is 0 Å². The average molecular weight is 324 g/mol. The molecule has 2 rings (SSSR count). The van der Waals surface area contributed by atoms with E-state index in [4.69, 9.17) is 0 Å². The number of carbonyl (C=O) groups is 1. The van der Waals surface area contributed by atoms with Gasteiger partial charge in [-0.2, -0.15) is 0 Å². The van der Waals surface area contributed by atoms with Crippen molar-refractivity contribution in [2.75, 3.05) is 19.6 Å². The van der Waals surface area contributed by atoms with E-state index < -0.39 is 0 Å². The molecule has 22 heavy (non-hydrogen) atoms. The van der Waals surface area contributed by atoms with E-state index >= 15 is 0 Å². The van der Waals surface area contributed by atoms with Gasteiger partial charge in [0.15, 0.2) is 0 Å². The summed E-state index contributed by atoms with van der Waals surface area (Å²) in [6.07, 6.45) is 6.40. The molecule has 1 amide bonds. The molecule has 1 aliphatic heterocycles. The lowest BCUT2D eigenvalue weighted by molar-refractivity contribution is -0.118. The Morgan fingerprint density at radius 2 is 2.36 bits per heavy atom. The third kappa shape index (κ3) is 5.71. The summed E-state index contributed by atoms with van der Waals surface area (Å²) in [5.41, 5.74) is 0. The molecule has 4 nitrogen and oxygen atoms in total. The van der Waals surface area contributed by atoms with Crippen LogP contribution in [0.3, 0.4) is 0 Å². The molecule has 1 aromatic heterocycles. The zero-order valence-electron chi connectivity index (χ0n) is 13.5. The number of rotatable bonds is 7. The van der Waals surface area contributed by atoms with E-state index in [2.05, 4.69) is 10.2 Å². The van der Waals surface area contributed by atoms with E-state index in [1.807, 2.05) is 17.5 Å². The van der Waals surface area contributed by atoms with Crippen molar-refractivity contribution in [2.24, 2.45) is 0 Å². The van der Waals surface area contributed by atoms with Gasteiger partial charge in [-0.05, 0) is 43.7 Å². The van der Waals surface area contributed by atoms with Crippen LogP contribution >= 0.6 is 11.3 Å². The summed E-state index contributed by atoms with van der Waals surface area (Å²) < 4.78 is 0. The molecule has 0 saturated carbocycles. The minimum absolute atomic E-state index is 0.0422. The third-order valence-corrected chi connectivity index (χ3v) is 5.34. The first-order valence-corrected chi connectivity index (χ1v) is 9.24. The molecule has 2 atom stereocenters. The predicted molar refractivity (Wildman–Crippen MR) is 91.0 cm³/mol. The van der Waals surface area contributed by atoms with Crippen LogP contribution in [0.15, 0.2) is 17.5 Å². The summed E-state index contributed by atoms with van der Waals surface area (Å²) >= 11 is 1.63. The maximum Gasteiger partial charge on any atom is 0.216 e. The van der Waals surface area contributed by atoms with Gasteiger partial charge in [-0.25, -0.2) is 0 Å². The van der Waals surface area contributed by atoms with Crippen molar-refractivity contribution in [1.82, 2.24) is 10.2 Å². The molecular formula is C17H28N2O2S. The van der Waals surface area contributed by atoms with Crippen molar-refractivity contribution in [3.8, 4) is 0 Å². The highest BCUT2D eigenvalue weighted by Crippen LogP contribution is 2.28. The number of hydrogen-bond acceptors (Lipinski definition) is 4. The standard InChI is InChI=1S/C17H28N2O2S/c1-14(20)18-9-6-11-19-10-4-2-3-7-15(19)13-16(21)17-8-5-12-22-17/h5,8,12,15-16,21H,2-4,6-7,9-11,13H2,1H3,(H,18,20). The molecule has 0 aliphatic carbocycles. The van der Waals surface area contributed by atoms with E-state index in [9.17, 15) is 9.90 Å². The van der Waals surface area contributed by atoms with Crippen molar-refractivity contribution >= 4 is 17.2 Å². The second kappa shape index (κ2) is 9.28. The lowest BCUT2D eigenvalue weighted by Crippen LogP contribution is -2.38. The summed E-state index contributed by atoms with van der Waals surface area (Å²) in [5.74, 6) is 0.0422. The number of amides is 1. The maximum absolute atomic E-state index is 10.9. The Labute approximate surface area is 137 Å². The van der Waals surface area contributed by atoms with Gasteiger partial charge in [0.2, 0.25) is 5.91 Å². The Balaban J connectivity index is 1.85. The summed E-state index contributed by atoms with van der Waals surface area (Å²) in [4.78, 5) is 14.5. The number of aliphatic hydroxyl groups is 1. The fourth-order valence-corrected chi connectivity index (χ4v) is 3.92. The molecule has 2 N–H and O–H groups in total. The van der Waals surface area contributed by atoms with Crippen LogP contribution in [-0.2, 0) is 4.79 Å². The molecule has 0 bridgehead atoms. The first kappa shape index (κ1) is 17.4. The molecule has 1 fully saturated rings. The Hall–Kier alpha value is -0.910. The molecule has 0 aromatic carbocycles. The number of carbonyl (C=O) groups excluding carboxylic acids is 1. The Morgan fingerprint density at radius 1 is 1.50 bits per heavy atom. The van der Waals surface area contributed by atoms with Gasteiger partial charge >= 0.3 is 0 Å². The quantitative estimate of drug-likeness (QED) is 0.758. The molecule has 1 saturated heterocycles. The van der Waals surface area contributed by atoms with E-state index in [1.54, 1.807) is 18.3 Å². The van der Waals surface area contributed by atoms with Gasteiger partial charge in [0, 0.05) is 30.9 Å². The van der Waals surface area contributed by atoms with Gasteiger partial charge < -0.3 is 15.3 Å². The summed E-state index contributed by atoms with van der Waals surface area (Å²) in [7, 11) is 0. The molecule has 0 radical (unpaired) electrons. The van der Waals surface area contributed by atoms with E-state index in [0.717, 1.165) is 37.4 Å². The summed E-state index contributed by atoms with van der Waals surface area (Å²) in [6.45, 7) is 4.42. The van der Waals surface area contributed by atoms with Gasteiger partial charge in [-0.3, -0.25) is 4.79 Å². The fraction of sp³-hybridized carbons (Fsp3) is 0.706. The van der Waals surface area contributed by atoms with E-state index in [0.29, 0.717) is 6.04 Å². The largest absolute Gasteiger partial charge is 0.388 e. The lowest BCUT2D eigenvalue weighted by Gasteiger charge is -2.31. The zero-order valence-corrected chi connectivity index (χ0v) is 14.3. The van der Waals surface area contributed by atoms with Crippen LogP contribution in [-0.4, -0.2) is 41.6 Å². The highest BCUT2D eigenvalue weighted by atomic mass is 32.1. The third-order valence-electron chi connectivity index (χ3n) is 4.36. The zero-order chi connectivity index (χ0) is 15.8. The van der Waals surface area contributed by atoms with E-state index in [1.165, 1.54) is 25.7 Å². The normalized spacial score (nSPS) is 21.3. The Bertz CT molecular complexity index is 436. The Kier molecular flexibility index (Phi) is 7.36. The van der Waals surface area contributed by atoms with Crippen LogP contribution in [0.4, 0.5) is 0 Å². The van der Waals surface area contributed by atoms with Crippen LogP contribution in [0.1, 0.15) is 56.4 Å². The first-order chi connectivity index (χ1) is 10.7. The van der Waals surface area contributed by atoms with Crippen molar-refractivity contribution in [2.45, 2.75) is 57.6 Å². The number of thiophene rings is 1. The highest BCUT2D eigenvalue weighted by Gasteiger charge is 2.24. The van der Waals surface area contributed by atoms with Gasteiger partial charge in [-0.15, -0.1) is 11.3 Å². The van der Waals surface area contributed by atoms with Gasteiger partial charge in [0.25, 0.3) is 0 Å². The predicted octanol–water partition coefficient (Wildman–Crippen LogP) is 2.94. The molecule has 124 valence electrons. The van der Waals surface area contributed by atoms with Crippen molar-refractivity contribution in [3.05, 3.63) is 22.4 Å². The molecule has 2 heterocycles. The number of nitrogens with zero attached hydrogens (tertiary/aromatic N) is 1. The summed E-state index contributed by atoms with van der Waals surface area (Å²) in [5, 5.41) is 15.3. The minimum atomic E-state index is -0.346. The number of hydrogen-bond donors (Lipinski definition) is 2. The molecule has 1 aromatic rings. The van der Waals surface area contributed by atoms with Gasteiger partial charge in [-0.1, -0.05) is 18.9 Å². The van der Waals surface area contributed by atoms with Gasteiger partial charge in [0.05, 0.1) is 6.10 Å². The van der Waals surface area contributed by atoms with Crippen LogP contribution < -0.4 is 5.32 Å². The molecular weight excluding hydrogens is 296 g/mol. The molecule has 1 aliphatic rings. The fourth-order valence-electron chi connectivity index (χ4n) is 3.20. The van der Waals surface area contributed by atoms with Crippen LogP contribution in [0.5, 0.6) is 0 Å². The van der Waals surface area contributed by atoms with Gasteiger partial charge in [0.1, 0.15) is 0 Å². The summed E-state index contributed by atoms with van der Waals surface area (Å²) in [6, 6.07) is 4.48. The number of aliphatic hydroxyl groups excluding tert-OH is 1. The maximum atomic E-state index is 10.9. The first-order valence-electron chi connectivity index (χ1n) is 8.37. The highest BCUT2D eigenvalue weighted by molar-refractivity contribution is 7.10. The second-order valence-electron chi connectivity index (χ2n) is 6.14. The van der Waals surface area contributed by atoms with E-state index in [-0.39, 0.29) is 12.0 Å². The lowest BCUT2D eigenvalue weighted by atomic mass is 10.0. The van der Waals surface area contributed by atoms with Crippen molar-refractivity contribution < 1.29 is 9.90 Å². The van der Waals surface area contributed by atoms with Crippen LogP contribution in [0.25, 0.3) is 0 Å². The van der Waals surface area contributed by atoms with Crippen LogP contribution in [0.2, 0.25) is 0 Å².